The van der Waals surface area contributed by atoms with Crippen molar-refractivity contribution in [2.24, 2.45) is 0 Å². The summed E-state index contributed by atoms with van der Waals surface area (Å²) in [6.07, 6.45) is -4.59. The van der Waals surface area contributed by atoms with Gasteiger partial charge in [0.15, 0.2) is 0 Å². The SMILES string of the molecule is O=C(Nc1nnc(C(F)(F)F)s1)c1cc(Br)ccc1Cl. The van der Waals surface area contributed by atoms with Gasteiger partial charge in [-0.25, -0.2) is 0 Å². The quantitative estimate of drug-likeness (QED) is 0.840. The molecule has 1 aromatic heterocycles. The summed E-state index contributed by atoms with van der Waals surface area (Å²) in [4.78, 5) is 11.9. The highest BCUT2D eigenvalue weighted by molar-refractivity contribution is 9.10. The first-order chi connectivity index (χ1) is 9.27. The lowest BCUT2D eigenvalue weighted by molar-refractivity contribution is -0.138. The fourth-order valence-electron chi connectivity index (χ4n) is 1.22. The molecule has 0 aliphatic carbocycles. The van der Waals surface area contributed by atoms with Gasteiger partial charge in [-0.3, -0.25) is 10.1 Å². The molecule has 2 rings (SSSR count). The molecule has 0 unspecified atom stereocenters. The number of aromatic nitrogens is 2. The molecule has 1 amide bonds. The highest BCUT2D eigenvalue weighted by Gasteiger charge is 2.35. The van der Waals surface area contributed by atoms with Gasteiger partial charge in [-0.15, -0.1) is 10.2 Å². The van der Waals surface area contributed by atoms with Gasteiger partial charge in [0.05, 0.1) is 10.6 Å². The smallest absolute Gasteiger partial charge is 0.296 e. The maximum Gasteiger partial charge on any atom is 0.445 e. The zero-order valence-corrected chi connectivity index (χ0v) is 12.5. The number of alkyl halides is 3. The first-order valence-electron chi connectivity index (χ1n) is 4.94. The molecule has 1 N–H and O–H groups in total. The summed E-state index contributed by atoms with van der Waals surface area (Å²) in [7, 11) is 0. The predicted octanol–water partition coefficient (Wildman–Crippen LogP) is 4.23. The zero-order chi connectivity index (χ0) is 14.9. The molecule has 0 atom stereocenters. The summed E-state index contributed by atoms with van der Waals surface area (Å²) in [6.45, 7) is 0. The third-order valence-electron chi connectivity index (χ3n) is 2.06. The van der Waals surface area contributed by atoms with Gasteiger partial charge in [0.1, 0.15) is 0 Å². The monoisotopic (exact) mass is 385 g/mol. The molecule has 0 radical (unpaired) electrons. The van der Waals surface area contributed by atoms with Crippen LogP contribution in [0, 0.1) is 0 Å². The zero-order valence-electron chi connectivity index (χ0n) is 9.33. The Balaban J connectivity index is 2.20. The molecule has 10 heteroatoms. The summed E-state index contributed by atoms with van der Waals surface area (Å²) >= 11 is 9.25. The van der Waals surface area contributed by atoms with Gasteiger partial charge in [-0.05, 0) is 18.2 Å². The lowest BCUT2D eigenvalue weighted by Gasteiger charge is -2.04. The minimum absolute atomic E-state index is 0.116. The summed E-state index contributed by atoms with van der Waals surface area (Å²) in [5.74, 6) is -0.666. The third kappa shape index (κ3) is 3.47. The van der Waals surface area contributed by atoms with Crippen LogP contribution in [0.4, 0.5) is 18.3 Å². The Labute approximate surface area is 128 Å². The van der Waals surface area contributed by atoms with Crippen molar-refractivity contribution in [1.82, 2.24) is 10.2 Å². The molecule has 0 fully saturated rings. The van der Waals surface area contributed by atoms with E-state index in [1.54, 1.807) is 6.07 Å². The number of carbonyl (C=O) groups excluding carboxylic acids is 1. The number of nitrogens with one attached hydrogen (secondary N) is 1. The Bertz CT molecular complexity index is 661. The van der Waals surface area contributed by atoms with E-state index in [9.17, 15) is 18.0 Å². The molecule has 0 bridgehead atoms. The van der Waals surface area contributed by atoms with Gasteiger partial charge in [0.2, 0.25) is 10.1 Å². The van der Waals surface area contributed by atoms with Crippen LogP contribution >= 0.6 is 38.9 Å². The van der Waals surface area contributed by atoms with Crippen molar-refractivity contribution in [2.45, 2.75) is 6.18 Å². The molecule has 0 saturated carbocycles. The maximum atomic E-state index is 12.3. The highest BCUT2D eigenvalue weighted by Crippen LogP contribution is 2.33. The number of rotatable bonds is 2. The average molecular weight is 387 g/mol. The molecule has 4 nitrogen and oxygen atoms in total. The number of hydrogen-bond acceptors (Lipinski definition) is 4. The lowest BCUT2D eigenvalue weighted by Crippen LogP contribution is -2.12. The minimum Gasteiger partial charge on any atom is -0.296 e. The molecule has 0 aliphatic rings. The van der Waals surface area contributed by atoms with E-state index in [-0.39, 0.29) is 27.1 Å². The van der Waals surface area contributed by atoms with Gasteiger partial charge in [0.25, 0.3) is 5.91 Å². The van der Waals surface area contributed by atoms with Crippen LogP contribution < -0.4 is 5.32 Å². The highest BCUT2D eigenvalue weighted by atomic mass is 79.9. The van der Waals surface area contributed by atoms with E-state index in [2.05, 4.69) is 31.4 Å². The molecule has 0 spiro atoms. The Morgan fingerprint density at radius 3 is 2.65 bits per heavy atom. The molecule has 1 heterocycles. The van der Waals surface area contributed by atoms with Crippen molar-refractivity contribution in [3.63, 3.8) is 0 Å². The van der Waals surface area contributed by atoms with Gasteiger partial charge in [-0.1, -0.05) is 38.9 Å². The number of amides is 1. The molecule has 1 aromatic carbocycles. The Morgan fingerprint density at radius 2 is 2.05 bits per heavy atom. The minimum atomic E-state index is -4.59. The number of halogens is 5. The normalized spacial score (nSPS) is 11.4. The van der Waals surface area contributed by atoms with Crippen LogP contribution in [0.15, 0.2) is 22.7 Å². The number of hydrogen-bond donors (Lipinski definition) is 1. The van der Waals surface area contributed by atoms with Crippen LogP contribution in [0.3, 0.4) is 0 Å². The van der Waals surface area contributed by atoms with Crippen molar-refractivity contribution in [3.05, 3.63) is 38.3 Å². The fourth-order valence-corrected chi connectivity index (χ4v) is 2.39. The molecular formula is C10H4BrClF3N3OS. The number of carbonyl (C=O) groups is 1. The van der Waals surface area contributed by atoms with Gasteiger partial charge in [0, 0.05) is 4.47 Å². The standard InChI is InChI=1S/C10H4BrClF3N3OS/c11-4-1-2-6(12)5(3-4)7(19)16-9-18-17-8(20-9)10(13,14)15/h1-3H,(H,16,18,19). The second-order valence-corrected chi connectivity index (χ2v) is 5.79. The summed E-state index contributed by atoms with van der Waals surface area (Å²) in [5, 5.41) is 7.23. The van der Waals surface area contributed by atoms with Gasteiger partial charge in [-0.2, -0.15) is 13.2 Å². The van der Waals surface area contributed by atoms with Crippen LogP contribution in [0.1, 0.15) is 15.4 Å². The Kier molecular flexibility index (Phi) is 4.31. The van der Waals surface area contributed by atoms with Gasteiger partial charge >= 0.3 is 6.18 Å². The summed E-state index contributed by atoms with van der Waals surface area (Å²) in [6, 6.07) is 4.57. The van der Waals surface area contributed by atoms with E-state index >= 15 is 0 Å². The van der Waals surface area contributed by atoms with E-state index in [0.29, 0.717) is 4.47 Å². The molecular weight excluding hydrogens is 383 g/mol. The van der Waals surface area contributed by atoms with Crippen LogP contribution in [-0.2, 0) is 6.18 Å². The molecule has 0 aliphatic heterocycles. The van der Waals surface area contributed by atoms with E-state index < -0.39 is 17.1 Å². The average Bonchev–Trinajstić information content (AvgIpc) is 2.80. The van der Waals surface area contributed by atoms with Crippen molar-refractivity contribution >= 4 is 49.9 Å². The third-order valence-corrected chi connectivity index (χ3v) is 3.77. The van der Waals surface area contributed by atoms with E-state index in [4.69, 9.17) is 11.6 Å². The fraction of sp³-hybridized carbons (Fsp3) is 0.100. The van der Waals surface area contributed by atoms with Crippen molar-refractivity contribution in [3.8, 4) is 0 Å². The Hall–Kier alpha value is -1.19. The molecule has 20 heavy (non-hydrogen) atoms. The second kappa shape index (κ2) is 5.66. The largest absolute Gasteiger partial charge is 0.445 e. The molecule has 2 aromatic rings. The molecule has 106 valence electrons. The van der Waals surface area contributed by atoms with E-state index in [0.717, 1.165) is 0 Å². The summed E-state index contributed by atoms with van der Waals surface area (Å²) in [5.41, 5.74) is 0.116. The first-order valence-corrected chi connectivity index (χ1v) is 6.93. The van der Waals surface area contributed by atoms with E-state index in [1.165, 1.54) is 12.1 Å². The molecule has 0 saturated heterocycles. The van der Waals surface area contributed by atoms with Crippen molar-refractivity contribution < 1.29 is 18.0 Å². The number of benzene rings is 1. The van der Waals surface area contributed by atoms with Crippen LogP contribution in [-0.4, -0.2) is 16.1 Å². The summed E-state index contributed by atoms with van der Waals surface area (Å²) < 4.78 is 37.7. The maximum absolute atomic E-state index is 12.3. The topological polar surface area (TPSA) is 54.9 Å². The van der Waals surface area contributed by atoms with Crippen molar-refractivity contribution in [2.75, 3.05) is 5.32 Å². The van der Waals surface area contributed by atoms with Crippen LogP contribution in [0.5, 0.6) is 0 Å². The first kappa shape index (κ1) is 15.2. The number of nitrogens with zero attached hydrogens (tertiary/aromatic N) is 2. The lowest BCUT2D eigenvalue weighted by atomic mass is 10.2. The van der Waals surface area contributed by atoms with Crippen LogP contribution in [0.2, 0.25) is 5.02 Å². The van der Waals surface area contributed by atoms with Gasteiger partial charge < -0.3 is 0 Å². The predicted molar refractivity (Wildman–Crippen MR) is 72.0 cm³/mol. The van der Waals surface area contributed by atoms with Crippen LogP contribution in [0.25, 0.3) is 0 Å². The van der Waals surface area contributed by atoms with E-state index in [1.807, 2.05) is 0 Å². The number of anilines is 1. The van der Waals surface area contributed by atoms with Crippen molar-refractivity contribution in [1.29, 1.82) is 0 Å². The second-order valence-electron chi connectivity index (χ2n) is 3.49. The Morgan fingerprint density at radius 1 is 1.35 bits per heavy atom.